The molecule has 1 fully saturated rings. The van der Waals surface area contributed by atoms with Crippen molar-refractivity contribution in [3.63, 3.8) is 0 Å². The van der Waals surface area contributed by atoms with Crippen molar-refractivity contribution in [1.82, 2.24) is 0 Å². The van der Waals surface area contributed by atoms with Crippen LogP contribution in [0.1, 0.15) is 25.7 Å². The van der Waals surface area contributed by atoms with Gasteiger partial charge in [0, 0.05) is 19.3 Å². The molecule has 0 radical (unpaired) electrons. The quantitative estimate of drug-likeness (QED) is 0.894. The van der Waals surface area contributed by atoms with Crippen molar-refractivity contribution in [1.29, 1.82) is 0 Å². The number of primary sulfonamides is 1. The maximum absolute atomic E-state index is 12.0. The summed E-state index contributed by atoms with van der Waals surface area (Å²) >= 11 is 0. The number of rotatable bonds is 3. The van der Waals surface area contributed by atoms with Gasteiger partial charge in [-0.2, -0.15) is 0 Å². The van der Waals surface area contributed by atoms with Gasteiger partial charge in [0.2, 0.25) is 10.0 Å². The van der Waals surface area contributed by atoms with E-state index in [1.54, 1.807) is 6.07 Å². The number of nitrogens with zero attached hydrogens (tertiary/aromatic N) is 1. The van der Waals surface area contributed by atoms with Crippen LogP contribution in [0.5, 0.6) is 0 Å². The molecule has 0 unspecified atom stereocenters. The van der Waals surface area contributed by atoms with Gasteiger partial charge in [0.1, 0.15) is 0 Å². The van der Waals surface area contributed by atoms with E-state index in [9.17, 15) is 16.8 Å². The molecule has 0 spiro atoms. The van der Waals surface area contributed by atoms with Crippen molar-refractivity contribution in [3.05, 3.63) is 18.2 Å². The predicted molar refractivity (Wildman–Crippen MR) is 81.6 cm³/mol. The maximum Gasteiger partial charge on any atom is 0.238 e. The minimum Gasteiger partial charge on any atom is -0.370 e. The molecular formula is C13H20N2O4S2. The first-order valence-corrected chi connectivity index (χ1v) is 10.3. The highest BCUT2D eigenvalue weighted by atomic mass is 32.2. The van der Waals surface area contributed by atoms with Gasteiger partial charge in [-0.15, -0.1) is 0 Å². The minimum atomic E-state index is -3.92. The van der Waals surface area contributed by atoms with Crippen LogP contribution in [0.15, 0.2) is 28.0 Å². The van der Waals surface area contributed by atoms with Crippen LogP contribution in [-0.2, 0) is 19.9 Å². The van der Waals surface area contributed by atoms with E-state index in [1.165, 1.54) is 6.07 Å². The first kappa shape index (κ1) is 16.3. The molecule has 1 aliphatic rings. The normalized spacial score (nSPS) is 17.5. The largest absolute Gasteiger partial charge is 0.370 e. The minimum absolute atomic E-state index is 0.0240. The molecule has 0 amide bonds. The molecular weight excluding hydrogens is 312 g/mol. The van der Waals surface area contributed by atoms with Gasteiger partial charge in [0.15, 0.2) is 9.84 Å². The van der Waals surface area contributed by atoms with Gasteiger partial charge in [0.05, 0.1) is 15.5 Å². The van der Waals surface area contributed by atoms with Crippen LogP contribution in [0, 0.1) is 0 Å². The van der Waals surface area contributed by atoms with Crippen molar-refractivity contribution < 1.29 is 16.8 Å². The molecule has 1 aliphatic heterocycles. The Balaban J connectivity index is 2.55. The number of anilines is 1. The molecule has 1 saturated heterocycles. The van der Waals surface area contributed by atoms with E-state index in [0.29, 0.717) is 5.69 Å². The molecule has 118 valence electrons. The van der Waals surface area contributed by atoms with Crippen LogP contribution in [0.2, 0.25) is 0 Å². The van der Waals surface area contributed by atoms with Crippen molar-refractivity contribution in [2.45, 2.75) is 35.5 Å². The lowest BCUT2D eigenvalue weighted by molar-refractivity contribution is 0.597. The fourth-order valence-corrected chi connectivity index (χ4v) is 4.07. The zero-order chi connectivity index (χ0) is 15.7. The summed E-state index contributed by atoms with van der Waals surface area (Å²) in [5.74, 6) is 0. The third kappa shape index (κ3) is 3.96. The summed E-state index contributed by atoms with van der Waals surface area (Å²) in [6.45, 7) is 1.55. The Morgan fingerprint density at radius 3 is 2.05 bits per heavy atom. The van der Waals surface area contributed by atoms with Crippen molar-refractivity contribution in [2.24, 2.45) is 5.14 Å². The van der Waals surface area contributed by atoms with Gasteiger partial charge in [-0.25, -0.2) is 22.0 Å². The van der Waals surface area contributed by atoms with Crippen molar-refractivity contribution in [3.8, 4) is 0 Å². The van der Waals surface area contributed by atoms with E-state index in [-0.39, 0.29) is 9.79 Å². The molecule has 2 N–H and O–H groups in total. The number of sulfone groups is 1. The van der Waals surface area contributed by atoms with Crippen molar-refractivity contribution in [2.75, 3.05) is 24.2 Å². The molecule has 6 nitrogen and oxygen atoms in total. The second-order valence-electron chi connectivity index (χ2n) is 5.35. The topological polar surface area (TPSA) is 97.5 Å². The van der Waals surface area contributed by atoms with E-state index in [4.69, 9.17) is 5.14 Å². The lowest BCUT2D eigenvalue weighted by atomic mass is 10.2. The zero-order valence-electron chi connectivity index (χ0n) is 11.9. The number of benzene rings is 1. The zero-order valence-corrected chi connectivity index (χ0v) is 13.6. The fourth-order valence-electron chi connectivity index (χ4n) is 2.54. The van der Waals surface area contributed by atoms with Crippen molar-refractivity contribution >= 4 is 25.5 Å². The second-order valence-corrected chi connectivity index (χ2v) is 8.89. The van der Waals surface area contributed by atoms with Gasteiger partial charge in [-0.3, -0.25) is 0 Å². The third-order valence-electron chi connectivity index (χ3n) is 3.61. The molecule has 1 heterocycles. The molecule has 8 heteroatoms. The van der Waals surface area contributed by atoms with Crippen LogP contribution in [0.4, 0.5) is 5.69 Å². The Bertz CT molecular complexity index is 719. The van der Waals surface area contributed by atoms with E-state index >= 15 is 0 Å². The Kier molecular flexibility index (Phi) is 4.60. The van der Waals surface area contributed by atoms with Gasteiger partial charge < -0.3 is 4.90 Å². The average Bonchev–Trinajstić information content (AvgIpc) is 2.64. The van der Waals surface area contributed by atoms with E-state index < -0.39 is 19.9 Å². The molecule has 21 heavy (non-hydrogen) atoms. The summed E-state index contributed by atoms with van der Waals surface area (Å²) < 4.78 is 46.8. The summed E-state index contributed by atoms with van der Waals surface area (Å²) in [6.07, 6.45) is 5.33. The summed E-state index contributed by atoms with van der Waals surface area (Å²) in [7, 11) is -7.46. The predicted octanol–water partition coefficient (Wildman–Crippen LogP) is 1.12. The van der Waals surface area contributed by atoms with E-state index in [0.717, 1.165) is 51.1 Å². The first-order valence-electron chi connectivity index (χ1n) is 6.81. The van der Waals surface area contributed by atoms with Crippen LogP contribution in [0.3, 0.4) is 0 Å². The van der Waals surface area contributed by atoms with Crippen LogP contribution < -0.4 is 10.0 Å². The second kappa shape index (κ2) is 5.94. The molecule has 1 aromatic rings. The Morgan fingerprint density at radius 2 is 1.57 bits per heavy atom. The van der Waals surface area contributed by atoms with Crippen LogP contribution in [0.25, 0.3) is 0 Å². The van der Waals surface area contributed by atoms with Crippen LogP contribution in [-0.4, -0.2) is 36.2 Å². The number of sulfonamides is 1. The average molecular weight is 332 g/mol. The number of hydrogen-bond donors (Lipinski definition) is 1. The lowest BCUT2D eigenvalue weighted by Gasteiger charge is -2.25. The number of nitrogens with two attached hydrogens (primary N) is 1. The highest BCUT2D eigenvalue weighted by Crippen LogP contribution is 2.29. The van der Waals surface area contributed by atoms with Gasteiger partial charge in [-0.05, 0) is 31.0 Å². The van der Waals surface area contributed by atoms with Gasteiger partial charge >= 0.3 is 0 Å². The number of hydrogen-bond acceptors (Lipinski definition) is 5. The molecule has 0 saturated carbocycles. The van der Waals surface area contributed by atoms with E-state index in [2.05, 4.69) is 0 Å². The highest BCUT2D eigenvalue weighted by Gasteiger charge is 2.22. The highest BCUT2D eigenvalue weighted by molar-refractivity contribution is 7.91. The summed E-state index contributed by atoms with van der Waals surface area (Å²) in [6, 6.07) is 4.07. The molecule has 0 atom stereocenters. The molecule has 1 aromatic carbocycles. The first-order chi connectivity index (χ1) is 9.69. The molecule has 2 rings (SSSR count). The van der Waals surface area contributed by atoms with Gasteiger partial charge in [-0.1, -0.05) is 12.8 Å². The standard InChI is InChI=1S/C13H20N2O4S2/c1-20(16,17)13-10-11(21(14,18)19)6-7-12(13)15-8-4-2-3-5-9-15/h6-7,10H,2-5,8-9H2,1H3,(H2,14,18,19). The smallest absolute Gasteiger partial charge is 0.238 e. The molecule has 0 bridgehead atoms. The van der Waals surface area contributed by atoms with Crippen LogP contribution >= 0.6 is 0 Å². The SMILES string of the molecule is CS(=O)(=O)c1cc(S(N)(=O)=O)ccc1N1CCCCCC1. The van der Waals surface area contributed by atoms with E-state index in [1.807, 2.05) is 4.90 Å². The maximum atomic E-state index is 12.0. The Hall–Kier alpha value is -1.12. The Morgan fingerprint density at radius 1 is 1.00 bits per heavy atom. The lowest BCUT2D eigenvalue weighted by Crippen LogP contribution is -2.26. The van der Waals surface area contributed by atoms with Gasteiger partial charge in [0.25, 0.3) is 0 Å². The molecule has 0 aromatic heterocycles. The summed E-state index contributed by atoms with van der Waals surface area (Å²) in [4.78, 5) is 1.86. The fraction of sp³-hybridized carbons (Fsp3) is 0.538. The monoisotopic (exact) mass is 332 g/mol. The summed E-state index contributed by atoms with van der Waals surface area (Å²) in [5.41, 5.74) is 0.562. The molecule has 0 aliphatic carbocycles. The Labute approximate surface area is 125 Å². The third-order valence-corrected chi connectivity index (χ3v) is 5.64. The summed E-state index contributed by atoms with van der Waals surface area (Å²) in [5, 5.41) is 5.09.